The third-order valence-corrected chi connectivity index (χ3v) is 8.51. The molecule has 0 aliphatic rings. The van der Waals surface area contributed by atoms with Crippen LogP contribution in [0, 0.1) is 45.2 Å². The number of aromatic nitrogens is 3. The summed E-state index contributed by atoms with van der Waals surface area (Å²) < 4.78 is 64.7. The number of fused-ring (bicyclic) bond motifs is 3. The molecule has 0 amide bonds. The van der Waals surface area contributed by atoms with Crippen molar-refractivity contribution in [1.29, 1.82) is 0 Å². The maximum atomic E-state index is 9.24. The van der Waals surface area contributed by atoms with E-state index in [1.807, 2.05) is 65.1 Å². The Morgan fingerprint density at radius 1 is 0.765 bits per heavy atom. The molecule has 0 aliphatic heterocycles. The SMILES string of the molecule is Cc1c[c-]c(-c2cc(C)c(C)cn2)cc1.[2H]C([2H])([2H])c1ccc2c(n1)oc1c(-c3cc(C([2H])([2H])C(C)(C)c4ccc(C([2H])([2H])C(C)(C)C)cc4)ccn3)[c-]ccc12.[Ir]. The first-order chi connectivity index (χ1) is 26.5. The van der Waals surface area contributed by atoms with Crippen molar-refractivity contribution in [1.82, 2.24) is 15.0 Å². The van der Waals surface area contributed by atoms with E-state index in [1.54, 1.807) is 42.6 Å². The van der Waals surface area contributed by atoms with E-state index in [4.69, 9.17) is 11.3 Å². The van der Waals surface area contributed by atoms with Crippen LogP contribution in [0.4, 0.5) is 0 Å². The maximum absolute atomic E-state index is 9.24. The molecule has 4 nitrogen and oxygen atoms in total. The average molecular weight is 857 g/mol. The van der Waals surface area contributed by atoms with Gasteiger partial charge in [-0.1, -0.05) is 100 Å². The zero-order valence-electron chi connectivity index (χ0n) is 37.3. The molecule has 3 aromatic carbocycles. The summed E-state index contributed by atoms with van der Waals surface area (Å²) in [5.74, 6) is 0. The fraction of sp³-hybridized carbons (Fsp3) is 0.283. The Morgan fingerprint density at radius 3 is 2.24 bits per heavy atom. The molecule has 0 fully saturated rings. The van der Waals surface area contributed by atoms with E-state index in [0.29, 0.717) is 33.4 Å². The molecule has 0 spiro atoms. The van der Waals surface area contributed by atoms with Gasteiger partial charge in [-0.05, 0) is 90.6 Å². The monoisotopic (exact) mass is 857 g/mol. The predicted octanol–water partition coefficient (Wildman–Crippen LogP) is 11.7. The van der Waals surface area contributed by atoms with E-state index in [0.717, 1.165) is 22.2 Å². The van der Waals surface area contributed by atoms with E-state index < -0.39 is 30.4 Å². The third-order valence-electron chi connectivity index (χ3n) is 8.51. The van der Waals surface area contributed by atoms with Gasteiger partial charge in [0.1, 0.15) is 0 Å². The minimum atomic E-state index is -2.37. The number of nitrogens with zero attached hydrogens (tertiary/aromatic N) is 3. The van der Waals surface area contributed by atoms with Gasteiger partial charge in [-0.25, -0.2) is 4.98 Å². The standard InChI is InChI=1S/C32H33N2O.C14H14N.Ir/c1-21-10-15-26-25-8-7-9-27(29(25)35-30(26)34-21)28-18-23(16-17-33-28)20-32(5,6)24-13-11-22(12-14-24)19-31(2,3)4;1-10-4-6-13(7-5-10)14-8-11(2)12(3)9-15-14;/h7-8,10-18H,19-20H2,1-6H3;4-6,8-9H,1-3H3;/q2*-1;/i1D3,19D2,20D2;;. The van der Waals surface area contributed by atoms with Crippen molar-refractivity contribution in [2.45, 2.75) is 80.4 Å². The Hall–Kier alpha value is -4.44. The second kappa shape index (κ2) is 15.4. The molecule has 0 saturated heterocycles. The van der Waals surface area contributed by atoms with Crippen molar-refractivity contribution in [2.24, 2.45) is 5.41 Å². The topological polar surface area (TPSA) is 51.8 Å². The van der Waals surface area contributed by atoms with Gasteiger partial charge in [-0.3, -0.25) is 0 Å². The summed E-state index contributed by atoms with van der Waals surface area (Å²) in [6.45, 7) is 13.1. The van der Waals surface area contributed by atoms with Crippen LogP contribution >= 0.6 is 0 Å². The van der Waals surface area contributed by atoms with Gasteiger partial charge in [0.15, 0.2) is 0 Å². The molecular formula is C46H47IrN3O-2. The summed E-state index contributed by atoms with van der Waals surface area (Å²) in [5, 5.41) is 1.40. The second-order valence-electron chi connectivity index (χ2n) is 14.3. The molecule has 51 heavy (non-hydrogen) atoms. The van der Waals surface area contributed by atoms with E-state index in [-0.39, 0.29) is 31.5 Å². The Kier molecular flexibility index (Phi) is 8.83. The molecule has 0 unspecified atom stereocenters. The quantitative estimate of drug-likeness (QED) is 0.156. The van der Waals surface area contributed by atoms with E-state index in [9.17, 15) is 2.74 Å². The van der Waals surface area contributed by atoms with Gasteiger partial charge in [-0.15, -0.1) is 53.6 Å². The van der Waals surface area contributed by atoms with Crippen LogP contribution in [0.1, 0.15) is 83.3 Å². The Labute approximate surface area is 327 Å². The van der Waals surface area contributed by atoms with Gasteiger partial charge in [0.2, 0.25) is 5.71 Å². The molecule has 7 rings (SSSR count). The fourth-order valence-corrected chi connectivity index (χ4v) is 5.73. The van der Waals surface area contributed by atoms with Crippen LogP contribution in [0.2, 0.25) is 0 Å². The van der Waals surface area contributed by atoms with E-state index >= 15 is 0 Å². The number of aryl methyl sites for hydroxylation is 4. The number of furan rings is 1. The summed E-state index contributed by atoms with van der Waals surface area (Å²) in [6, 6.07) is 31.8. The summed E-state index contributed by atoms with van der Waals surface area (Å²) >= 11 is 0. The van der Waals surface area contributed by atoms with Gasteiger partial charge in [0.05, 0.1) is 5.58 Å². The molecule has 0 saturated carbocycles. The Morgan fingerprint density at radius 2 is 1.55 bits per heavy atom. The molecule has 0 N–H and O–H groups in total. The fourth-order valence-electron chi connectivity index (χ4n) is 5.73. The smallest absolute Gasteiger partial charge is 0.216 e. The van der Waals surface area contributed by atoms with Crippen molar-refractivity contribution in [3.05, 3.63) is 149 Å². The van der Waals surface area contributed by atoms with Gasteiger partial charge in [-0.2, -0.15) is 0 Å². The zero-order valence-corrected chi connectivity index (χ0v) is 32.7. The number of hydrogen-bond acceptors (Lipinski definition) is 4. The Bertz CT molecular complexity index is 2560. The van der Waals surface area contributed by atoms with Crippen LogP contribution in [-0.4, -0.2) is 15.0 Å². The van der Waals surface area contributed by atoms with Crippen LogP contribution in [0.3, 0.4) is 0 Å². The molecule has 0 aliphatic carbocycles. The van der Waals surface area contributed by atoms with Gasteiger partial charge >= 0.3 is 0 Å². The van der Waals surface area contributed by atoms with Crippen LogP contribution in [-0.2, 0) is 38.3 Å². The first-order valence-corrected chi connectivity index (χ1v) is 16.8. The molecule has 0 bridgehead atoms. The second-order valence-corrected chi connectivity index (χ2v) is 14.3. The first-order valence-electron chi connectivity index (χ1n) is 20.3. The van der Waals surface area contributed by atoms with Crippen LogP contribution in [0.25, 0.3) is 44.6 Å². The summed E-state index contributed by atoms with van der Waals surface area (Å²) in [5.41, 5.74) is 7.47. The number of pyridine rings is 3. The summed E-state index contributed by atoms with van der Waals surface area (Å²) in [6.07, 6.45) is 0.0815. The molecule has 263 valence electrons. The van der Waals surface area contributed by atoms with Gasteiger partial charge < -0.3 is 14.4 Å². The number of hydrogen-bond donors (Lipinski definition) is 0. The maximum Gasteiger partial charge on any atom is 0.216 e. The summed E-state index contributed by atoms with van der Waals surface area (Å²) in [7, 11) is 0. The van der Waals surface area contributed by atoms with Crippen LogP contribution < -0.4 is 0 Å². The van der Waals surface area contributed by atoms with Gasteiger partial charge in [0, 0.05) is 53.2 Å². The largest absolute Gasteiger partial charge is 0.486 e. The molecule has 5 heteroatoms. The molecule has 4 aromatic heterocycles. The predicted molar refractivity (Wildman–Crippen MR) is 207 cm³/mol. The van der Waals surface area contributed by atoms with Gasteiger partial charge in [0.25, 0.3) is 0 Å². The zero-order chi connectivity index (χ0) is 41.7. The van der Waals surface area contributed by atoms with Crippen LogP contribution in [0.15, 0.2) is 102 Å². The van der Waals surface area contributed by atoms with E-state index in [1.165, 1.54) is 22.8 Å². The normalized spacial score (nSPS) is 14.5. The van der Waals surface area contributed by atoms with Crippen molar-refractivity contribution >= 4 is 22.1 Å². The average Bonchev–Trinajstić information content (AvgIpc) is 3.54. The summed E-state index contributed by atoms with van der Waals surface area (Å²) in [4.78, 5) is 13.1. The molecule has 7 aromatic rings. The molecule has 0 atom stereocenters. The molecule has 1 radical (unpaired) electrons. The van der Waals surface area contributed by atoms with Crippen molar-refractivity contribution in [3.63, 3.8) is 0 Å². The minimum Gasteiger partial charge on any atom is -0.486 e. The van der Waals surface area contributed by atoms with Crippen LogP contribution in [0.5, 0.6) is 0 Å². The van der Waals surface area contributed by atoms with E-state index in [2.05, 4.69) is 66.1 Å². The minimum absolute atomic E-state index is 0. The molecule has 4 heterocycles. The number of benzene rings is 3. The van der Waals surface area contributed by atoms with Crippen molar-refractivity contribution in [2.75, 3.05) is 0 Å². The van der Waals surface area contributed by atoms with Crippen molar-refractivity contribution in [3.8, 4) is 22.5 Å². The third kappa shape index (κ3) is 9.08. The number of rotatable bonds is 6. The Balaban J connectivity index is 0.000000336. The van der Waals surface area contributed by atoms with Crippen molar-refractivity contribution < 1.29 is 34.1 Å². The molecular weight excluding hydrogens is 803 g/mol. The first kappa shape index (κ1) is 29.2.